The molecule has 0 aliphatic heterocycles. The van der Waals surface area contributed by atoms with Gasteiger partial charge < -0.3 is 5.73 Å². The number of nitrogens with two attached hydrogens (primary N) is 1. The number of rotatable bonds is 5. The Hall–Kier alpha value is -1.34. The molecule has 7 heteroatoms. The summed E-state index contributed by atoms with van der Waals surface area (Å²) < 4.78 is 24.8. The van der Waals surface area contributed by atoms with E-state index in [9.17, 15) is 18.7 Å². The van der Waals surface area contributed by atoms with Crippen molar-refractivity contribution in [2.45, 2.75) is 18.7 Å². The summed E-state index contributed by atoms with van der Waals surface area (Å²) >= 11 is 0. The molecule has 94 valence electrons. The Labute approximate surface area is 100 Å². The molecule has 2 atom stereocenters. The van der Waals surface area contributed by atoms with Gasteiger partial charge in [-0.3, -0.25) is 14.3 Å². The Morgan fingerprint density at radius 3 is 2.71 bits per heavy atom. The fourth-order valence-electron chi connectivity index (χ4n) is 1.33. The van der Waals surface area contributed by atoms with Gasteiger partial charge in [-0.25, -0.2) is 0 Å². The first-order chi connectivity index (χ1) is 7.90. The van der Waals surface area contributed by atoms with Crippen LogP contribution in [0.4, 0.5) is 10.1 Å². The van der Waals surface area contributed by atoms with E-state index in [0.717, 1.165) is 12.1 Å². The maximum absolute atomic E-state index is 13.2. The van der Waals surface area contributed by atoms with Gasteiger partial charge in [-0.15, -0.1) is 0 Å². The molecule has 0 bridgehead atoms. The first-order valence-corrected chi connectivity index (χ1v) is 6.42. The molecule has 1 rings (SSSR count). The van der Waals surface area contributed by atoms with Crippen LogP contribution < -0.4 is 5.73 Å². The minimum atomic E-state index is -1.19. The second kappa shape index (κ2) is 5.83. The molecule has 1 aromatic carbocycles. The van der Waals surface area contributed by atoms with Crippen LogP contribution in [0, 0.1) is 15.9 Å². The SMILES string of the molecule is CC(N)CS(=O)Cc1ccc([N+](=O)[O-])c(F)c1. The van der Waals surface area contributed by atoms with E-state index in [0.29, 0.717) is 11.3 Å². The van der Waals surface area contributed by atoms with E-state index in [1.807, 2.05) is 0 Å². The van der Waals surface area contributed by atoms with E-state index in [-0.39, 0.29) is 11.8 Å². The van der Waals surface area contributed by atoms with Crippen LogP contribution in [0.3, 0.4) is 0 Å². The van der Waals surface area contributed by atoms with Crippen molar-refractivity contribution in [2.24, 2.45) is 5.73 Å². The number of benzene rings is 1. The Kier molecular flexibility index (Phi) is 4.71. The molecule has 0 saturated carbocycles. The highest BCUT2D eigenvalue weighted by atomic mass is 32.2. The largest absolute Gasteiger partial charge is 0.327 e. The van der Waals surface area contributed by atoms with Crippen molar-refractivity contribution in [3.05, 3.63) is 39.7 Å². The van der Waals surface area contributed by atoms with Gasteiger partial charge in [0, 0.05) is 34.4 Å². The number of hydrogen-bond acceptors (Lipinski definition) is 4. The molecule has 5 nitrogen and oxygen atoms in total. The van der Waals surface area contributed by atoms with E-state index in [1.54, 1.807) is 6.92 Å². The lowest BCUT2D eigenvalue weighted by molar-refractivity contribution is -0.387. The van der Waals surface area contributed by atoms with Gasteiger partial charge in [-0.2, -0.15) is 4.39 Å². The Bertz CT molecular complexity index is 451. The molecule has 0 aliphatic rings. The van der Waals surface area contributed by atoms with Gasteiger partial charge in [0.2, 0.25) is 5.82 Å². The summed E-state index contributed by atoms with van der Waals surface area (Å²) in [6.07, 6.45) is 0. The van der Waals surface area contributed by atoms with Crippen molar-refractivity contribution >= 4 is 16.5 Å². The van der Waals surface area contributed by atoms with Crippen LogP contribution in [0.15, 0.2) is 18.2 Å². The first kappa shape index (κ1) is 13.7. The maximum Gasteiger partial charge on any atom is 0.304 e. The molecular formula is C10H13FN2O3S. The zero-order valence-corrected chi connectivity index (χ0v) is 10.1. The molecule has 0 amide bonds. The third-order valence-electron chi connectivity index (χ3n) is 1.99. The van der Waals surface area contributed by atoms with Crippen LogP contribution in [0.1, 0.15) is 12.5 Å². The van der Waals surface area contributed by atoms with Crippen molar-refractivity contribution in [3.63, 3.8) is 0 Å². The Morgan fingerprint density at radius 1 is 1.59 bits per heavy atom. The standard InChI is InChI=1S/C10H13FN2O3S/c1-7(12)5-17(16)6-8-2-3-10(13(14)15)9(11)4-8/h2-4,7H,5-6,12H2,1H3. The van der Waals surface area contributed by atoms with Crippen LogP contribution in [0.2, 0.25) is 0 Å². The molecule has 0 fully saturated rings. The van der Waals surface area contributed by atoms with Gasteiger partial charge in [0.1, 0.15) is 0 Å². The van der Waals surface area contributed by atoms with Crippen molar-refractivity contribution in [1.29, 1.82) is 0 Å². The third-order valence-corrected chi connectivity index (χ3v) is 3.54. The molecule has 2 N–H and O–H groups in total. The average molecular weight is 260 g/mol. The van der Waals surface area contributed by atoms with E-state index in [4.69, 9.17) is 5.73 Å². The summed E-state index contributed by atoms with van der Waals surface area (Å²) in [5, 5.41) is 10.4. The van der Waals surface area contributed by atoms with Crippen molar-refractivity contribution < 1.29 is 13.5 Å². The predicted molar refractivity (Wildman–Crippen MR) is 63.4 cm³/mol. The third kappa shape index (κ3) is 4.20. The molecule has 0 spiro atoms. The van der Waals surface area contributed by atoms with Gasteiger partial charge in [0.15, 0.2) is 0 Å². The number of nitro groups is 1. The highest BCUT2D eigenvalue weighted by molar-refractivity contribution is 7.84. The lowest BCUT2D eigenvalue weighted by atomic mass is 10.2. The Balaban J connectivity index is 2.77. The fraction of sp³-hybridized carbons (Fsp3) is 0.400. The minimum Gasteiger partial charge on any atom is -0.327 e. The van der Waals surface area contributed by atoms with Crippen LogP contribution in [0.25, 0.3) is 0 Å². The summed E-state index contributed by atoms with van der Waals surface area (Å²) in [6.45, 7) is 1.73. The van der Waals surface area contributed by atoms with E-state index in [2.05, 4.69) is 0 Å². The molecule has 2 unspecified atom stereocenters. The number of hydrogen-bond donors (Lipinski definition) is 1. The quantitative estimate of drug-likeness (QED) is 0.639. The summed E-state index contributed by atoms with van der Waals surface area (Å²) in [4.78, 5) is 9.60. The van der Waals surface area contributed by atoms with Crippen molar-refractivity contribution in [1.82, 2.24) is 0 Å². The van der Waals surface area contributed by atoms with Crippen LogP contribution in [0.5, 0.6) is 0 Å². The highest BCUT2D eigenvalue weighted by Gasteiger charge is 2.14. The monoisotopic (exact) mass is 260 g/mol. The normalized spacial score (nSPS) is 14.3. The molecule has 0 radical (unpaired) electrons. The molecular weight excluding hydrogens is 247 g/mol. The molecule has 0 aliphatic carbocycles. The molecule has 17 heavy (non-hydrogen) atoms. The zero-order chi connectivity index (χ0) is 13.0. The first-order valence-electron chi connectivity index (χ1n) is 4.93. The average Bonchev–Trinajstić information content (AvgIpc) is 2.15. The molecule has 1 aromatic rings. The van der Waals surface area contributed by atoms with Gasteiger partial charge in [-0.1, -0.05) is 6.07 Å². The second-order valence-corrected chi connectivity index (χ2v) is 5.27. The summed E-state index contributed by atoms with van der Waals surface area (Å²) in [5.74, 6) is -0.444. The van der Waals surface area contributed by atoms with E-state index in [1.165, 1.54) is 6.07 Å². The Morgan fingerprint density at radius 2 is 2.24 bits per heavy atom. The highest BCUT2D eigenvalue weighted by Crippen LogP contribution is 2.18. The van der Waals surface area contributed by atoms with Gasteiger partial charge in [0.05, 0.1) is 4.92 Å². The van der Waals surface area contributed by atoms with Crippen LogP contribution in [-0.2, 0) is 16.6 Å². The lowest BCUT2D eigenvalue weighted by Crippen LogP contribution is -2.23. The lowest BCUT2D eigenvalue weighted by Gasteiger charge is -2.05. The zero-order valence-electron chi connectivity index (χ0n) is 9.26. The number of nitrogens with zero attached hydrogens (tertiary/aromatic N) is 1. The van der Waals surface area contributed by atoms with Crippen LogP contribution >= 0.6 is 0 Å². The summed E-state index contributed by atoms with van der Waals surface area (Å²) in [5.41, 5.74) is 5.37. The predicted octanol–water partition coefficient (Wildman–Crippen LogP) is 1.33. The molecule has 0 heterocycles. The maximum atomic E-state index is 13.2. The minimum absolute atomic E-state index is 0.149. The van der Waals surface area contributed by atoms with E-state index >= 15 is 0 Å². The summed E-state index contributed by atoms with van der Waals surface area (Å²) in [6, 6.07) is 3.32. The number of nitro benzene ring substituents is 1. The van der Waals surface area contributed by atoms with Crippen LogP contribution in [-0.4, -0.2) is 20.9 Å². The second-order valence-electron chi connectivity index (χ2n) is 3.77. The van der Waals surface area contributed by atoms with Gasteiger partial charge in [-0.05, 0) is 18.6 Å². The summed E-state index contributed by atoms with van der Waals surface area (Å²) in [7, 11) is -1.19. The molecule has 0 saturated heterocycles. The van der Waals surface area contributed by atoms with Crippen molar-refractivity contribution in [2.75, 3.05) is 5.75 Å². The smallest absolute Gasteiger partial charge is 0.304 e. The number of halogens is 1. The van der Waals surface area contributed by atoms with Crippen molar-refractivity contribution in [3.8, 4) is 0 Å². The molecule has 0 aromatic heterocycles. The topological polar surface area (TPSA) is 86.2 Å². The van der Waals surface area contributed by atoms with E-state index < -0.39 is 27.2 Å². The fourth-order valence-corrected chi connectivity index (χ4v) is 2.58. The van der Waals surface area contributed by atoms with Gasteiger partial charge in [0.25, 0.3) is 0 Å². The van der Waals surface area contributed by atoms with Gasteiger partial charge >= 0.3 is 5.69 Å².